The van der Waals surface area contributed by atoms with Crippen LogP contribution in [0, 0.1) is 0 Å². The van der Waals surface area contributed by atoms with Crippen LogP contribution in [-0.4, -0.2) is 28.4 Å². The average molecular weight is 241 g/mol. The Labute approximate surface area is 99.4 Å². The lowest BCUT2D eigenvalue weighted by Gasteiger charge is -2.10. The van der Waals surface area contributed by atoms with Gasteiger partial charge in [0.2, 0.25) is 0 Å². The molecule has 4 heteroatoms. The number of hydrogen-bond acceptors (Lipinski definition) is 3. The summed E-state index contributed by atoms with van der Waals surface area (Å²) in [7, 11) is -0.843. The van der Waals surface area contributed by atoms with Crippen molar-refractivity contribution in [3.8, 4) is 5.75 Å². The molecule has 90 valence electrons. The minimum atomic E-state index is -0.843. The van der Waals surface area contributed by atoms with Gasteiger partial charge in [0.25, 0.3) is 0 Å². The normalized spacial score (nSPS) is 14.4. The lowest BCUT2D eigenvalue weighted by atomic mass is 10.3. The van der Waals surface area contributed by atoms with Crippen LogP contribution in [0.3, 0.4) is 0 Å². The molecule has 0 aliphatic heterocycles. The molecule has 0 aliphatic carbocycles. The molecule has 2 N–H and O–H groups in total. The van der Waals surface area contributed by atoms with E-state index in [9.17, 15) is 4.21 Å². The van der Waals surface area contributed by atoms with Crippen LogP contribution in [0.2, 0.25) is 0 Å². The van der Waals surface area contributed by atoms with E-state index in [2.05, 4.69) is 0 Å². The SMILES string of the molecule is CC(CCN)S(=O)CCOc1ccccc1. The van der Waals surface area contributed by atoms with Crippen molar-refractivity contribution in [1.82, 2.24) is 0 Å². The third kappa shape index (κ3) is 4.77. The van der Waals surface area contributed by atoms with E-state index in [1.807, 2.05) is 37.3 Å². The van der Waals surface area contributed by atoms with E-state index in [0.717, 1.165) is 12.2 Å². The molecule has 1 rings (SSSR count). The topological polar surface area (TPSA) is 52.3 Å². The van der Waals surface area contributed by atoms with E-state index in [1.54, 1.807) is 0 Å². The fourth-order valence-corrected chi connectivity index (χ4v) is 2.37. The monoisotopic (exact) mass is 241 g/mol. The van der Waals surface area contributed by atoms with Gasteiger partial charge in [0.1, 0.15) is 5.75 Å². The summed E-state index contributed by atoms with van der Waals surface area (Å²) < 4.78 is 17.2. The predicted octanol–water partition coefficient (Wildman–Crippen LogP) is 1.55. The Morgan fingerprint density at radius 2 is 2.06 bits per heavy atom. The Morgan fingerprint density at radius 1 is 1.38 bits per heavy atom. The molecule has 0 amide bonds. The lowest BCUT2D eigenvalue weighted by molar-refractivity contribution is 0.342. The van der Waals surface area contributed by atoms with Gasteiger partial charge in [-0.05, 0) is 25.1 Å². The second-order valence-electron chi connectivity index (χ2n) is 3.63. The zero-order valence-electron chi connectivity index (χ0n) is 9.59. The molecule has 0 radical (unpaired) electrons. The minimum Gasteiger partial charge on any atom is -0.493 e. The molecule has 2 unspecified atom stereocenters. The van der Waals surface area contributed by atoms with Gasteiger partial charge in [0, 0.05) is 16.0 Å². The van der Waals surface area contributed by atoms with Crippen LogP contribution in [0.5, 0.6) is 5.75 Å². The van der Waals surface area contributed by atoms with Gasteiger partial charge in [0.15, 0.2) is 0 Å². The first kappa shape index (κ1) is 13.2. The molecule has 0 saturated heterocycles. The molecule has 2 atom stereocenters. The molecular weight excluding hydrogens is 222 g/mol. The first-order valence-electron chi connectivity index (χ1n) is 5.49. The first-order valence-corrected chi connectivity index (χ1v) is 6.87. The summed E-state index contributed by atoms with van der Waals surface area (Å²) in [6.45, 7) is 3.05. The molecule has 0 aliphatic rings. The van der Waals surface area contributed by atoms with Crippen LogP contribution >= 0.6 is 0 Å². The quantitative estimate of drug-likeness (QED) is 0.788. The molecule has 0 aromatic heterocycles. The molecule has 16 heavy (non-hydrogen) atoms. The summed E-state index contributed by atoms with van der Waals surface area (Å²) in [5.74, 6) is 1.39. The zero-order chi connectivity index (χ0) is 11.8. The number of para-hydroxylation sites is 1. The molecule has 0 fully saturated rings. The second kappa shape index (κ2) is 7.41. The first-order chi connectivity index (χ1) is 7.74. The van der Waals surface area contributed by atoms with Gasteiger partial charge in [-0.25, -0.2) is 0 Å². The molecule has 0 spiro atoms. The summed E-state index contributed by atoms with van der Waals surface area (Å²) in [4.78, 5) is 0. The highest BCUT2D eigenvalue weighted by Gasteiger charge is 2.09. The van der Waals surface area contributed by atoms with Crippen molar-refractivity contribution < 1.29 is 8.95 Å². The summed E-state index contributed by atoms with van der Waals surface area (Å²) in [6, 6.07) is 9.57. The molecule has 1 aromatic rings. The highest BCUT2D eigenvalue weighted by Crippen LogP contribution is 2.08. The fraction of sp³-hybridized carbons (Fsp3) is 0.500. The number of hydrogen-bond donors (Lipinski definition) is 1. The van der Waals surface area contributed by atoms with E-state index in [1.165, 1.54) is 0 Å². The predicted molar refractivity (Wildman–Crippen MR) is 68.1 cm³/mol. The third-order valence-corrected chi connectivity index (χ3v) is 4.02. The standard InChI is InChI=1S/C12H19NO2S/c1-11(7-8-13)16(14)10-9-15-12-5-3-2-4-6-12/h2-6,11H,7-10,13H2,1H3. The van der Waals surface area contributed by atoms with Gasteiger partial charge in [-0.15, -0.1) is 0 Å². The largest absolute Gasteiger partial charge is 0.493 e. The van der Waals surface area contributed by atoms with Crippen molar-refractivity contribution in [1.29, 1.82) is 0 Å². The van der Waals surface area contributed by atoms with Gasteiger partial charge in [-0.2, -0.15) is 0 Å². The highest BCUT2D eigenvalue weighted by atomic mass is 32.2. The fourth-order valence-electron chi connectivity index (χ4n) is 1.33. The number of ether oxygens (including phenoxy) is 1. The maximum atomic E-state index is 11.7. The van der Waals surface area contributed by atoms with Crippen molar-refractivity contribution in [2.75, 3.05) is 18.9 Å². The maximum absolute atomic E-state index is 11.7. The van der Waals surface area contributed by atoms with E-state index in [0.29, 0.717) is 18.9 Å². The molecular formula is C12H19NO2S. The van der Waals surface area contributed by atoms with Crippen LogP contribution in [0.1, 0.15) is 13.3 Å². The zero-order valence-corrected chi connectivity index (χ0v) is 10.4. The van der Waals surface area contributed by atoms with Crippen molar-refractivity contribution in [2.45, 2.75) is 18.6 Å². The van der Waals surface area contributed by atoms with Crippen LogP contribution < -0.4 is 10.5 Å². The third-order valence-electron chi connectivity index (χ3n) is 2.32. The highest BCUT2D eigenvalue weighted by molar-refractivity contribution is 7.85. The summed E-state index contributed by atoms with van der Waals surface area (Å²) in [5.41, 5.74) is 5.42. The van der Waals surface area contributed by atoms with E-state index >= 15 is 0 Å². The van der Waals surface area contributed by atoms with Gasteiger partial charge < -0.3 is 10.5 Å². The Morgan fingerprint density at radius 3 is 2.69 bits per heavy atom. The molecule has 3 nitrogen and oxygen atoms in total. The number of benzene rings is 1. The van der Waals surface area contributed by atoms with Crippen LogP contribution in [0.4, 0.5) is 0 Å². The smallest absolute Gasteiger partial charge is 0.119 e. The number of rotatable bonds is 7. The molecule has 0 heterocycles. The molecule has 0 bridgehead atoms. The minimum absolute atomic E-state index is 0.157. The maximum Gasteiger partial charge on any atom is 0.119 e. The summed E-state index contributed by atoms with van der Waals surface area (Å²) in [6.07, 6.45) is 0.804. The van der Waals surface area contributed by atoms with Crippen molar-refractivity contribution >= 4 is 10.8 Å². The summed E-state index contributed by atoms with van der Waals surface area (Å²) in [5, 5.41) is 0.157. The van der Waals surface area contributed by atoms with Crippen LogP contribution in [-0.2, 0) is 10.8 Å². The second-order valence-corrected chi connectivity index (χ2v) is 5.61. The van der Waals surface area contributed by atoms with Crippen molar-refractivity contribution in [3.63, 3.8) is 0 Å². The molecule has 0 saturated carbocycles. The van der Waals surface area contributed by atoms with Gasteiger partial charge in [0.05, 0.1) is 12.4 Å². The Bertz CT molecular complexity index is 316. The van der Waals surface area contributed by atoms with Crippen LogP contribution in [0.25, 0.3) is 0 Å². The van der Waals surface area contributed by atoms with E-state index < -0.39 is 10.8 Å². The van der Waals surface area contributed by atoms with Crippen LogP contribution in [0.15, 0.2) is 30.3 Å². The van der Waals surface area contributed by atoms with Gasteiger partial charge in [-0.3, -0.25) is 4.21 Å². The van der Waals surface area contributed by atoms with Gasteiger partial charge >= 0.3 is 0 Å². The van der Waals surface area contributed by atoms with E-state index in [4.69, 9.17) is 10.5 Å². The van der Waals surface area contributed by atoms with Crippen molar-refractivity contribution in [3.05, 3.63) is 30.3 Å². The lowest BCUT2D eigenvalue weighted by Crippen LogP contribution is -2.21. The summed E-state index contributed by atoms with van der Waals surface area (Å²) >= 11 is 0. The average Bonchev–Trinajstić information content (AvgIpc) is 2.30. The molecule has 1 aromatic carbocycles. The van der Waals surface area contributed by atoms with Crippen molar-refractivity contribution in [2.24, 2.45) is 5.73 Å². The van der Waals surface area contributed by atoms with Gasteiger partial charge in [-0.1, -0.05) is 25.1 Å². The number of nitrogens with two attached hydrogens (primary N) is 1. The Kier molecular flexibility index (Phi) is 6.11. The Hall–Kier alpha value is -0.870. The Balaban J connectivity index is 2.23. The van der Waals surface area contributed by atoms with E-state index in [-0.39, 0.29) is 5.25 Å².